The van der Waals surface area contributed by atoms with E-state index in [2.05, 4.69) is 5.32 Å². The fourth-order valence-corrected chi connectivity index (χ4v) is 5.64. The summed E-state index contributed by atoms with van der Waals surface area (Å²) in [5, 5.41) is 14.3. The van der Waals surface area contributed by atoms with Crippen molar-refractivity contribution in [2.75, 3.05) is 26.2 Å². The van der Waals surface area contributed by atoms with Crippen LogP contribution in [0, 0.1) is 5.92 Å². The molecule has 8 heteroatoms. The number of fused-ring (bicyclic) bond motifs is 4. The van der Waals surface area contributed by atoms with Crippen LogP contribution in [-0.4, -0.2) is 53.7 Å². The fourth-order valence-electron chi connectivity index (χ4n) is 5.64. The van der Waals surface area contributed by atoms with Crippen molar-refractivity contribution in [1.29, 1.82) is 0 Å². The minimum Gasteiger partial charge on any atom is -0.484 e. The lowest BCUT2D eigenvalue weighted by Gasteiger charge is -2.47. The van der Waals surface area contributed by atoms with E-state index in [0.29, 0.717) is 30.8 Å². The molecule has 0 spiro atoms. The van der Waals surface area contributed by atoms with Crippen LogP contribution in [0.3, 0.4) is 0 Å². The molecule has 2 aromatic rings. The molecule has 1 aromatic carbocycles. The van der Waals surface area contributed by atoms with Gasteiger partial charge in [0.1, 0.15) is 11.3 Å². The molecule has 1 aliphatic heterocycles. The monoisotopic (exact) mass is 454 g/mol. The number of rotatable bonds is 5. The van der Waals surface area contributed by atoms with Crippen molar-refractivity contribution in [3.05, 3.63) is 39.7 Å². The van der Waals surface area contributed by atoms with Gasteiger partial charge in [-0.05, 0) is 56.2 Å². The van der Waals surface area contributed by atoms with Gasteiger partial charge in [0.25, 0.3) is 5.91 Å². The number of benzene rings is 1. The summed E-state index contributed by atoms with van der Waals surface area (Å²) in [5.74, 6) is 0.0113. The normalized spacial score (nSPS) is 24.3. The van der Waals surface area contributed by atoms with E-state index >= 15 is 0 Å². The molecule has 5 rings (SSSR count). The van der Waals surface area contributed by atoms with Gasteiger partial charge >= 0.3 is 5.63 Å². The Bertz CT molecular complexity index is 1140. The second-order valence-electron chi connectivity index (χ2n) is 9.56. The van der Waals surface area contributed by atoms with Crippen LogP contribution in [0.2, 0.25) is 0 Å². The Morgan fingerprint density at radius 2 is 2.03 bits per heavy atom. The number of piperidine rings is 1. The minimum absolute atomic E-state index is 0.0912. The summed E-state index contributed by atoms with van der Waals surface area (Å²) in [7, 11) is 0. The van der Waals surface area contributed by atoms with Gasteiger partial charge < -0.3 is 24.5 Å². The number of ether oxygens (including phenoxy) is 1. The van der Waals surface area contributed by atoms with Gasteiger partial charge in [-0.3, -0.25) is 9.59 Å². The zero-order chi connectivity index (χ0) is 23.0. The van der Waals surface area contributed by atoms with E-state index in [0.717, 1.165) is 61.5 Å². The number of aliphatic hydroxyl groups is 1. The molecule has 0 unspecified atom stereocenters. The molecule has 3 aliphatic rings. The van der Waals surface area contributed by atoms with Crippen molar-refractivity contribution in [2.24, 2.45) is 5.92 Å². The third-order valence-corrected chi connectivity index (χ3v) is 7.53. The number of amides is 2. The van der Waals surface area contributed by atoms with Crippen molar-refractivity contribution in [3.63, 3.8) is 0 Å². The molecule has 2 amide bonds. The van der Waals surface area contributed by atoms with E-state index in [4.69, 9.17) is 9.15 Å². The van der Waals surface area contributed by atoms with Crippen LogP contribution in [-0.2, 0) is 22.4 Å². The average Bonchev–Trinajstić information content (AvgIpc) is 3.31. The smallest absolute Gasteiger partial charge is 0.339 e. The standard InChI is InChI=1S/C25H30N2O6/c28-22(26-13-23(29)27-11-10-25(31)9-2-1-4-16(25)14-27)15-32-17-7-8-19-18-5-3-6-20(18)24(30)33-21(19)12-17/h7-8,12,16,31H,1-6,9-11,13-15H2,(H,26,28)/t16-,25+/m1/s1. The van der Waals surface area contributed by atoms with Gasteiger partial charge in [0.05, 0.1) is 12.1 Å². The molecule has 1 aromatic heterocycles. The molecule has 33 heavy (non-hydrogen) atoms. The zero-order valence-corrected chi connectivity index (χ0v) is 18.7. The van der Waals surface area contributed by atoms with E-state index < -0.39 is 11.5 Å². The van der Waals surface area contributed by atoms with Gasteiger partial charge in [0.15, 0.2) is 6.61 Å². The maximum atomic E-state index is 12.6. The zero-order valence-electron chi connectivity index (χ0n) is 18.7. The highest BCUT2D eigenvalue weighted by Gasteiger charge is 2.43. The number of likely N-dealkylation sites (tertiary alicyclic amines) is 1. The molecular weight excluding hydrogens is 424 g/mol. The Morgan fingerprint density at radius 3 is 2.91 bits per heavy atom. The predicted molar refractivity (Wildman–Crippen MR) is 121 cm³/mol. The minimum atomic E-state index is -0.634. The van der Waals surface area contributed by atoms with E-state index in [1.165, 1.54) is 0 Å². The van der Waals surface area contributed by atoms with Gasteiger partial charge in [-0.1, -0.05) is 12.8 Å². The summed E-state index contributed by atoms with van der Waals surface area (Å²) in [5.41, 5.74) is 1.34. The van der Waals surface area contributed by atoms with Gasteiger partial charge in [0.2, 0.25) is 5.91 Å². The molecule has 0 bridgehead atoms. The van der Waals surface area contributed by atoms with Gasteiger partial charge in [-0.2, -0.15) is 0 Å². The molecule has 0 radical (unpaired) electrons. The van der Waals surface area contributed by atoms with Crippen molar-refractivity contribution < 1.29 is 23.8 Å². The Morgan fingerprint density at radius 1 is 1.18 bits per heavy atom. The van der Waals surface area contributed by atoms with Crippen LogP contribution in [0.4, 0.5) is 0 Å². The highest BCUT2D eigenvalue weighted by atomic mass is 16.5. The Kier molecular flexibility index (Phi) is 5.86. The lowest BCUT2D eigenvalue weighted by atomic mass is 9.71. The van der Waals surface area contributed by atoms with Gasteiger partial charge in [0, 0.05) is 36.0 Å². The molecule has 176 valence electrons. The molecule has 2 atom stereocenters. The number of nitrogens with zero attached hydrogens (tertiary/aromatic N) is 1. The number of hydrogen-bond acceptors (Lipinski definition) is 6. The third kappa shape index (κ3) is 4.36. The van der Waals surface area contributed by atoms with Crippen molar-refractivity contribution >= 4 is 22.8 Å². The van der Waals surface area contributed by atoms with Crippen LogP contribution in [0.25, 0.3) is 11.0 Å². The topological polar surface area (TPSA) is 109 Å². The van der Waals surface area contributed by atoms with Gasteiger partial charge in [-0.15, -0.1) is 0 Å². The first-order valence-electron chi connectivity index (χ1n) is 11.9. The molecule has 1 saturated heterocycles. The molecule has 2 fully saturated rings. The van der Waals surface area contributed by atoms with E-state index in [-0.39, 0.29) is 30.6 Å². The molecule has 2 heterocycles. The Balaban J connectivity index is 1.13. The Hall–Kier alpha value is -2.87. The second kappa shape index (κ2) is 8.82. The lowest BCUT2D eigenvalue weighted by Crippen LogP contribution is -2.56. The summed E-state index contributed by atoms with van der Waals surface area (Å²) in [6.45, 7) is 0.736. The first-order chi connectivity index (χ1) is 15.9. The van der Waals surface area contributed by atoms with Crippen molar-refractivity contribution in [2.45, 2.75) is 57.0 Å². The average molecular weight is 455 g/mol. The second-order valence-corrected chi connectivity index (χ2v) is 9.56. The third-order valence-electron chi connectivity index (χ3n) is 7.53. The van der Waals surface area contributed by atoms with Crippen molar-refractivity contribution in [1.82, 2.24) is 10.2 Å². The molecular formula is C25H30N2O6. The predicted octanol–water partition coefficient (Wildman–Crippen LogP) is 1.93. The summed E-state index contributed by atoms with van der Waals surface area (Å²) in [4.78, 5) is 38.7. The number of hydrogen-bond donors (Lipinski definition) is 2. The lowest BCUT2D eigenvalue weighted by molar-refractivity contribution is -0.143. The summed E-state index contributed by atoms with van der Waals surface area (Å²) in [6.07, 6.45) is 7.06. The van der Waals surface area contributed by atoms with Crippen LogP contribution in [0.15, 0.2) is 27.4 Å². The van der Waals surface area contributed by atoms with Crippen LogP contribution in [0.5, 0.6) is 5.75 Å². The molecule has 1 saturated carbocycles. The number of carbonyl (C=O) groups is 2. The first kappa shape index (κ1) is 21.9. The van der Waals surface area contributed by atoms with Gasteiger partial charge in [-0.25, -0.2) is 4.79 Å². The maximum absolute atomic E-state index is 12.6. The number of carbonyl (C=O) groups excluding carboxylic acids is 2. The Labute approximate surface area is 191 Å². The SMILES string of the molecule is O=C(COc1ccc2c3c(c(=O)oc2c1)CCC3)NCC(=O)N1CC[C@@]2(O)CCCC[C@@H]2C1. The highest BCUT2D eigenvalue weighted by Crippen LogP contribution is 2.39. The van der Waals surface area contributed by atoms with Crippen LogP contribution in [0.1, 0.15) is 49.7 Å². The van der Waals surface area contributed by atoms with E-state index in [1.807, 2.05) is 6.07 Å². The largest absolute Gasteiger partial charge is 0.484 e. The summed E-state index contributed by atoms with van der Waals surface area (Å²) >= 11 is 0. The summed E-state index contributed by atoms with van der Waals surface area (Å²) < 4.78 is 11.0. The van der Waals surface area contributed by atoms with Crippen LogP contribution < -0.4 is 15.7 Å². The first-order valence-corrected chi connectivity index (χ1v) is 11.9. The van der Waals surface area contributed by atoms with Crippen molar-refractivity contribution in [3.8, 4) is 5.75 Å². The number of nitrogens with one attached hydrogen (secondary N) is 1. The highest BCUT2D eigenvalue weighted by molar-refractivity contribution is 5.86. The fraction of sp³-hybridized carbons (Fsp3) is 0.560. The maximum Gasteiger partial charge on any atom is 0.339 e. The van der Waals surface area contributed by atoms with Crippen LogP contribution >= 0.6 is 0 Å². The quantitative estimate of drug-likeness (QED) is 0.669. The summed E-state index contributed by atoms with van der Waals surface area (Å²) in [6, 6.07) is 5.26. The van der Waals surface area contributed by atoms with E-state index in [1.54, 1.807) is 17.0 Å². The molecule has 8 nitrogen and oxygen atoms in total. The number of aryl methyl sites for hydroxylation is 1. The molecule has 2 N–H and O–H groups in total. The van der Waals surface area contributed by atoms with E-state index in [9.17, 15) is 19.5 Å². The molecule has 2 aliphatic carbocycles.